The van der Waals surface area contributed by atoms with Crippen LogP contribution in [0.25, 0.3) is 0 Å². The van der Waals surface area contributed by atoms with Crippen molar-refractivity contribution in [1.82, 2.24) is 20.5 Å². The second-order valence-corrected chi connectivity index (χ2v) is 5.20. The zero-order chi connectivity index (χ0) is 15.5. The van der Waals surface area contributed by atoms with Crippen molar-refractivity contribution in [3.63, 3.8) is 0 Å². The molecule has 0 aliphatic carbocycles. The summed E-state index contributed by atoms with van der Waals surface area (Å²) in [5.41, 5.74) is 2.77. The number of hydrogen-bond donors (Lipinski definition) is 1. The van der Waals surface area contributed by atoms with Gasteiger partial charge in [-0.05, 0) is 0 Å². The molecule has 2 aliphatic rings. The maximum absolute atomic E-state index is 12.3. The van der Waals surface area contributed by atoms with Crippen LogP contribution in [0.4, 0.5) is 6.01 Å². The third-order valence-corrected chi connectivity index (χ3v) is 3.75. The Balaban J connectivity index is 1.57. The maximum Gasteiger partial charge on any atom is 0.318 e. The predicted octanol–water partition coefficient (Wildman–Crippen LogP) is -0.453. The van der Waals surface area contributed by atoms with Crippen LogP contribution < -0.4 is 10.3 Å². The molecule has 1 aromatic rings. The molecule has 0 aromatic carbocycles. The van der Waals surface area contributed by atoms with Gasteiger partial charge in [-0.2, -0.15) is 5.10 Å². The van der Waals surface area contributed by atoms with Gasteiger partial charge in [0.1, 0.15) is 5.71 Å². The molecule has 2 amide bonds. The first-order valence-corrected chi connectivity index (χ1v) is 7.39. The first-order valence-electron chi connectivity index (χ1n) is 7.39. The molecule has 2 aliphatic heterocycles. The van der Waals surface area contributed by atoms with E-state index in [2.05, 4.69) is 20.7 Å². The van der Waals surface area contributed by atoms with Crippen LogP contribution in [0.5, 0.6) is 0 Å². The Labute approximate surface area is 127 Å². The van der Waals surface area contributed by atoms with Gasteiger partial charge >= 0.3 is 6.01 Å². The molecule has 0 spiro atoms. The number of aryl methyl sites for hydroxylation is 1. The standard InChI is InChI=1S/C13H18N6O3/c1-2-11-16-17-13(22-11)19-7-5-18(6-8-19)12(21)9-3-4-10(20)15-14-9/h2-8H2,1H3,(H,15,20). The lowest BCUT2D eigenvalue weighted by atomic mass is 10.1. The van der Waals surface area contributed by atoms with Crippen molar-refractivity contribution in [3.8, 4) is 0 Å². The fourth-order valence-corrected chi connectivity index (χ4v) is 2.43. The highest BCUT2D eigenvalue weighted by Crippen LogP contribution is 2.15. The monoisotopic (exact) mass is 306 g/mol. The largest absolute Gasteiger partial charge is 0.408 e. The van der Waals surface area contributed by atoms with Crippen LogP contribution in [-0.2, 0) is 16.0 Å². The molecule has 1 fully saturated rings. The molecule has 0 radical (unpaired) electrons. The van der Waals surface area contributed by atoms with Gasteiger partial charge in [0.2, 0.25) is 11.8 Å². The number of anilines is 1. The number of nitrogens with zero attached hydrogens (tertiary/aromatic N) is 5. The Bertz CT molecular complexity index is 603. The summed E-state index contributed by atoms with van der Waals surface area (Å²) in [7, 11) is 0. The van der Waals surface area contributed by atoms with Gasteiger partial charge in [-0.3, -0.25) is 9.59 Å². The normalized spacial score (nSPS) is 19.0. The molecule has 0 atom stereocenters. The Morgan fingerprint density at radius 1 is 1.23 bits per heavy atom. The highest BCUT2D eigenvalue weighted by atomic mass is 16.4. The number of amides is 2. The van der Waals surface area contributed by atoms with E-state index < -0.39 is 0 Å². The quantitative estimate of drug-likeness (QED) is 0.811. The highest BCUT2D eigenvalue weighted by molar-refractivity contribution is 6.39. The molecule has 9 heteroatoms. The first kappa shape index (κ1) is 14.5. The van der Waals surface area contributed by atoms with Crippen molar-refractivity contribution >= 4 is 23.5 Å². The lowest BCUT2D eigenvalue weighted by molar-refractivity contribution is -0.124. The lowest BCUT2D eigenvalue weighted by Gasteiger charge is -2.34. The average molecular weight is 306 g/mol. The molecule has 1 saturated heterocycles. The van der Waals surface area contributed by atoms with Gasteiger partial charge < -0.3 is 14.2 Å². The molecule has 0 unspecified atom stereocenters. The smallest absolute Gasteiger partial charge is 0.318 e. The van der Waals surface area contributed by atoms with Gasteiger partial charge in [0.05, 0.1) is 0 Å². The number of hydrazone groups is 1. The average Bonchev–Trinajstić information content (AvgIpc) is 3.04. The van der Waals surface area contributed by atoms with Crippen LogP contribution in [0.1, 0.15) is 25.7 Å². The third kappa shape index (κ3) is 2.92. The topological polar surface area (TPSA) is 104 Å². The molecule has 0 bridgehead atoms. The molecule has 22 heavy (non-hydrogen) atoms. The van der Waals surface area contributed by atoms with Crippen molar-refractivity contribution in [2.75, 3.05) is 31.1 Å². The van der Waals surface area contributed by atoms with Crippen LogP contribution in [0.2, 0.25) is 0 Å². The van der Waals surface area contributed by atoms with Crippen molar-refractivity contribution in [3.05, 3.63) is 5.89 Å². The van der Waals surface area contributed by atoms with E-state index in [-0.39, 0.29) is 11.8 Å². The molecule has 118 valence electrons. The van der Waals surface area contributed by atoms with E-state index in [1.54, 1.807) is 4.90 Å². The van der Waals surface area contributed by atoms with E-state index in [0.29, 0.717) is 63.1 Å². The van der Waals surface area contributed by atoms with Crippen LogP contribution in [0.15, 0.2) is 9.52 Å². The summed E-state index contributed by atoms with van der Waals surface area (Å²) >= 11 is 0. The summed E-state index contributed by atoms with van der Waals surface area (Å²) < 4.78 is 5.53. The second kappa shape index (κ2) is 6.12. The fourth-order valence-electron chi connectivity index (χ4n) is 2.43. The summed E-state index contributed by atoms with van der Waals surface area (Å²) in [4.78, 5) is 27.1. The van der Waals surface area contributed by atoms with Crippen LogP contribution >= 0.6 is 0 Å². The summed E-state index contributed by atoms with van der Waals surface area (Å²) in [6, 6.07) is 0.506. The first-order chi connectivity index (χ1) is 10.7. The number of carbonyl (C=O) groups excluding carboxylic acids is 2. The predicted molar refractivity (Wildman–Crippen MR) is 77.3 cm³/mol. The minimum atomic E-state index is -0.149. The van der Waals surface area contributed by atoms with Crippen molar-refractivity contribution < 1.29 is 14.0 Å². The minimum Gasteiger partial charge on any atom is -0.408 e. The molecule has 3 rings (SSSR count). The zero-order valence-corrected chi connectivity index (χ0v) is 12.4. The van der Waals surface area contributed by atoms with Crippen LogP contribution in [0, 0.1) is 0 Å². The highest BCUT2D eigenvalue weighted by Gasteiger charge is 2.28. The Morgan fingerprint density at radius 3 is 2.59 bits per heavy atom. The number of nitrogens with one attached hydrogen (secondary N) is 1. The van der Waals surface area contributed by atoms with E-state index in [1.807, 2.05) is 11.8 Å². The van der Waals surface area contributed by atoms with Gasteiger partial charge in [0, 0.05) is 45.4 Å². The zero-order valence-electron chi connectivity index (χ0n) is 12.4. The van der Waals surface area contributed by atoms with Gasteiger partial charge in [0.25, 0.3) is 5.91 Å². The van der Waals surface area contributed by atoms with Gasteiger partial charge in [-0.1, -0.05) is 12.0 Å². The minimum absolute atomic E-state index is 0.112. The lowest BCUT2D eigenvalue weighted by Crippen LogP contribution is -2.51. The molecule has 9 nitrogen and oxygen atoms in total. The van der Waals surface area contributed by atoms with Crippen molar-refractivity contribution in [1.29, 1.82) is 0 Å². The number of rotatable bonds is 3. The Kier molecular flexibility index (Phi) is 4.03. The third-order valence-electron chi connectivity index (χ3n) is 3.75. The summed E-state index contributed by atoms with van der Waals surface area (Å²) in [6.07, 6.45) is 1.41. The number of piperazine rings is 1. The molecule has 1 aromatic heterocycles. The Hall–Kier alpha value is -2.45. The summed E-state index contributed by atoms with van der Waals surface area (Å²) in [6.45, 7) is 4.36. The van der Waals surface area contributed by atoms with Crippen LogP contribution in [0.3, 0.4) is 0 Å². The Morgan fingerprint density at radius 2 is 2.00 bits per heavy atom. The van der Waals surface area contributed by atoms with Crippen molar-refractivity contribution in [2.45, 2.75) is 26.2 Å². The molecule has 1 N–H and O–H groups in total. The van der Waals surface area contributed by atoms with E-state index in [4.69, 9.17) is 4.42 Å². The van der Waals surface area contributed by atoms with E-state index in [9.17, 15) is 9.59 Å². The molecular weight excluding hydrogens is 288 g/mol. The molecule has 0 saturated carbocycles. The maximum atomic E-state index is 12.3. The van der Waals surface area contributed by atoms with Gasteiger partial charge in [0.15, 0.2) is 0 Å². The number of carbonyl (C=O) groups is 2. The SMILES string of the molecule is CCc1nnc(N2CCN(C(=O)C3=NNC(=O)CC3)CC2)o1. The summed E-state index contributed by atoms with van der Waals surface area (Å²) in [5, 5.41) is 11.8. The van der Waals surface area contributed by atoms with E-state index in [1.165, 1.54) is 0 Å². The fraction of sp³-hybridized carbons (Fsp3) is 0.615. The summed E-state index contributed by atoms with van der Waals surface area (Å²) in [5.74, 6) is 0.352. The second-order valence-electron chi connectivity index (χ2n) is 5.20. The molecule has 3 heterocycles. The van der Waals surface area contributed by atoms with Crippen molar-refractivity contribution in [2.24, 2.45) is 5.10 Å². The number of hydrogen-bond acceptors (Lipinski definition) is 7. The van der Waals surface area contributed by atoms with E-state index in [0.717, 1.165) is 0 Å². The van der Waals surface area contributed by atoms with Crippen LogP contribution in [-0.4, -0.2) is 58.8 Å². The number of aromatic nitrogens is 2. The van der Waals surface area contributed by atoms with E-state index >= 15 is 0 Å². The molecular formula is C13H18N6O3. The van der Waals surface area contributed by atoms with Gasteiger partial charge in [-0.15, -0.1) is 5.10 Å². The van der Waals surface area contributed by atoms with Gasteiger partial charge in [-0.25, -0.2) is 5.43 Å².